The van der Waals surface area contributed by atoms with Crippen molar-refractivity contribution < 1.29 is 9.53 Å². The van der Waals surface area contributed by atoms with E-state index in [1.807, 2.05) is 52.0 Å². The third-order valence-corrected chi connectivity index (χ3v) is 4.09. The third kappa shape index (κ3) is 5.50. The van der Waals surface area contributed by atoms with Crippen LogP contribution in [0, 0.1) is 12.3 Å². The van der Waals surface area contributed by atoms with Gasteiger partial charge in [0.15, 0.2) is 0 Å². The minimum Gasteiger partial charge on any atom is -0.491 e. The number of nitrogens with one attached hydrogen (secondary N) is 1. The van der Waals surface area contributed by atoms with Gasteiger partial charge in [0, 0.05) is 6.54 Å². The lowest BCUT2D eigenvalue weighted by Crippen LogP contribution is -2.49. The second-order valence-corrected chi connectivity index (χ2v) is 5.69. The Morgan fingerprint density at radius 1 is 1.36 bits per heavy atom. The molecule has 1 aromatic rings. The van der Waals surface area contributed by atoms with Crippen LogP contribution in [0.2, 0.25) is 0 Å². The first-order valence-corrected chi connectivity index (χ1v) is 7.68. The molecule has 0 saturated heterocycles. The van der Waals surface area contributed by atoms with Crippen LogP contribution in [-0.4, -0.2) is 25.1 Å². The van der Waals surface area contributed by atoms with E-state index >= 15 is 0 Å². The van der Waals surface area contributed by atoms with Gasteiger partial charge in [-0.2, -0.15) is 0 Å². The first kappa shape index (κ1) is 20.7. The van der Waals surface area contributed by atoms with Crippen LogP contribution in [0.15, 0.2) is 24.3 Å². The highest BCUT2D eigenvalue weighted by Gasteiger charge is 2.33. The summed E-state index contributed by atoms with van der Waals surface area (Å²) in [4.78, 5) is 12.4. The van der Waals surface area contributed by atoms with E-state index in [-0.39, 0.29) is 24.4 Å². The molecule has 1 aromatic carbocycles. The highest BCUT2D eigenvalue weighted by Crippen LogP contribution is 2.25. The van der Waals surface area contributed by atoms with Gasteiger partial charge >= 0.3 is 0 Å². The van der Waals surface area contributed by atoms with Crippen LogP contribution < -0.4 is 15.8 Å². The normalized spacial score (nSPS) is 12.2. The first-order valence-electron chi connectivity index (χ1n) is 7.68. The van der Waals surface area contributed by atoms with Gasteiger partial charge in [0.2, 0.25) is 5.91 Å². The molecule has 0 bridgehead atoms. The largest absolute Gasteiger partial charge is 0.491 e. The predicted octanol–water partition coefficient (Wildman–Crippen LogP) is 3.07. The van der Waals surface area contributed by atoms with Crippen molar-refractivity contribution >= 4 is 18.3 Å². The lowest BCUT2D eigenvalue weighted by atomic mass is 9.81. The van der Waals surface area contributed by atoms with Gasteiger partial charge in [0.05, 0.1) is 11.5 Å². The SMILES string of the molecule is CCC(CC)(CN)C(=O)NC(C)COc1cccc(C)c1.Cl. The molecule has 0 aliphatic carbocycles. The molecule has 0 aliphatic heterocycles. The Morgan fingerprint density at radius 2 is 2.00 bits per heavy atom. The maximum Gasteiger partial charge on any atom is 0.227 e. The van der Waals surface area contributed by atoms with E-state index in [1.165, 1.54) is 0 Å². The van der Waals surface area contributed by atoms with E-state index in [2.05, 4.69) is 5.32 Å². The van der Waals surface area contributed by atoms with E-state index in [0.29, 0.717) is 13.2 Å². The smallest absolute Gasteiger partial charge is 0.227 e. The molecule has 1 amide bonds. The molecule has 0 aromatic heterocycles. The Hall–Kier alpha value is -1.26. The highest BCUT2D eigenvalue weighted by atomic mass is 35.5. The summed E-state index contributed by atoms with van der Waals surface area (Å²) in [5.74, 6) is 0.850. The maximum atomic E-state index is 12.4. The number of ether oxygens (including phenoxy) is 1. The monoisotopic (exact) mass is 328 g/mol. The van der Waals surface area contributed by atoms with Gasteiger partial charge in [-0.25, -0.2) is 0 Å². The number of hydrogen-bond acceptors (Lipinski definition) is 3. The van der Waals surface area contributed by atoms with E-state index in [1.54, 1.807) is 0 Å². The maximum absolute atomic E-state index is 12.4. The Kier molecular flexibility index (Phi) is 9.14. The third-order valence-electron chi connectivity index (χ3n) is 4.09. The fraction of sp³-hybridized carbons (Fsp3) is 0.588. The van der Waals surface area contributed by atoms with Crippen molar-refractivity contribution in [2.75, 3.05) is 13.2 Å². The lowest BCUT2D eigenvalue weighted by Gasteiger charge is -2.30. The van der Waals surface area contributed by atoms with E-state index in [0.717, 1.165) is 24.2 Å². The molecule has 1 unspecified atom stereocenters. The molecule has 3 N–H and O–H groups in total. The molecule has 1 atom stereocenters. The topological polar surface area (TPSA) is 64.4 Å². The lowest BCUT2D eigenvalue weighted by molar-refractivity contribution is -0.131. The Morgan fingerprint density at radius 3 is 2.50 bits per heavy atom. The second kappa shape index (κ2) is 9.70. The van der Waals surface area contributed by atoms with Crippen LogP contribution in [0.25, 0.3) is 0 Å². The molecule has 0 aliphatic rings. The van der Waals surface area contributed by atoms with Crippen LogP contribution in [0.5, 0.6) is 5.75 Å². The summed E-state index contributed by atoms with van der Waals surface area (Å²) in [5.41, 5.74) is 6.49. The number of hydrogen-bond donors (Lipinski definition) is 2. The Balaban J connectivity index is 0.00000441. The minimum absolute atomic E-state index is 0. The van der Waals surface area contributed by atoms with Crippen molar-refractivity contribution in [1.82, 2.24) is 5.32 Å². The zero-order valence-corrected chi connectivity index (χ0v) is 14.8. The molecule has 126 valence electrons. The molecule has 1 rings (SSSR count). The van der Waals surface area contributed by atoms with Gasteiger partial charge in [-0.15, -0.1) is 12.4 Å². The van der Waals surface area contributed by atoms with Crippen LogP contribution in [0.1, 0.15) is 39.2 Å². The summed E-state index contributed by atoms with van der Waals surface area (Å²) in [5, 5.41) is 3.01. The minimum atomic E-state index is -0.461. The number of halogens is 1. The van der Waals surface area contributed by atoms with Gasteiger partial charge in [0.25, 0.3) is 0 Å². The Labute approximate surface area is 140 Å². The summed E-state index contributed by atoms with van der Waals surface area (Å²) in [6.07, 6.45) is 1.49. The summed E-state index contributed by atoms with van der Waals surface area (Å²) in [6.45, 7) is 8.80. The van der Waals surface area contributed by atoms with Crippen molar-refractivity contribution in [2.45, 2.75) is 46.6 Å². The number of nitrogens with two attached hydrogens (primary N) is 1. The molecule has 0 heterocycles. The molecule has 0 spiro atoms. The number of aryl methyl sites for hydroxylation is 1. The average Bonchev–Trinajstić information content (AvgIpc) is 2.48. The van der Waals surface area contributed by atoms with Gasteiger partial charge < -0.3 is 15.8 Å². The summed E-state index contributed by atoms with van der Waals surface area (Å²) < 4.78 is 5.72. The quantitative estimate of drug-likeness (QED) is 0.770. The zero-order valence-electron chi connectivity index (χ0n) is 14.0. The van der Waals surface area contributed by atoms with Crippen molar-refractivity contribution in [3.05, 3.63) is 29.8 Å². The zero-order chi connectivity index (χ0) is 15.9. The number of benzene rings is 1. The van der Waals surface area contributed by atoms with Crippen molar-refractivity contribution in [2.24, 2.45) is 11.1 Å². The fourth-order valence-corrected chi connectivity index (χ4v) is 2.30. The molecule has 5 heteroatoms. The second-order valence-electron chi connectivity index (χ2n) is 5.69. The molecule has 0 saturated carbocycles. The van der Waals surface area contributed by atoms with Crippen LogP contribution in [0.3, 0.4) is 0 Å². The molecule has 4 nitrogen and oxygen atoms in total. The standard InChI is InChI=1S/C17H28N2O2.ClH/c1-5-17(6-2,12-18)16(20)19-14(4)11-21-15-9-7-8-13(3)10-15;/h7-10,14H,5-6,11-12,18H2,1-4H3,(H,19,20);1H. The number of carbonyl (C=O) groups excluding carboxylic acids is 1. The van der Waals surface area contributed by atoms with E-state index in [4.69, 9.17) is 10.5 Å². The number of rotatable bonds is 8. The van der Waals surface area contributed by atoms with Crippen molar-refractivity contribution in [3.8, 4) is 5.75 Å². The summed E-state index contributed by atoms with van der Waals surface area (Å²) >= 11 is 0. The summed E-state index contributed by atoms with van der Waals surface area (Å²) in [6, 6.07) is 7.83. The number of amides is 1. The highest BCUT2D eigenvalue weighted by molar-refractivity contribution is 5.85. The van der Waals surface area contributed by atoms with Crippen molar-refractivity contribution in [3.63, 3.8) is 0 Å². The first-order chi connectivity index (χ1) is 9.97. The average molecular weight is 329 g/mol. The molecule has 0 radical (unpaired) electrons. The van der Waals surface area contributed by atoms with Crippen LogP contribution in [0.4, 0.5) is 0 Å². The molecule has 0 fully saturated rings. The van der Waals surface area contributed by atoms with Gasteiger partial charge in [-0.1, -0.05) is 26.0 Å². The molecular weight excluding hydrogens is 300 g/mol. The molecule has 22 heavy (non-hydrogen) atoms. The van der Waals surface area contributed by atoms with E-state index in [9.17, 15) is 4.79 Å². The predicted molar refractivity (Wildman–Crippen MR) is 93.6 cm³/mol. The molecular formula is C17H29ClN2O2. The van der Waals surface area contributed by atoms with E-state index < -0.39 is 5.41 Å². The fourth-order valence-electron chi connectivity index (χ4n) is 2.30. The van der Waals surface area contributed by atoms with Crippen LogP contribution in [-0.2, 0) is 4.79 Å². The van der Waals surface area contributed by atoms with Gasteiger partial charge in [-0.05, 0) is 44.4 Å². The Bertz CT molecular complexity index is 453. The van der Waals surface area contributed by atoms with Crippen LogP contribution >= 0.6 is 12.4 Å². The number of carbonyl (C=O) groups is 1. The van der Waals surface area contributed by atoms with Gasteiger partial charge in [0.1, 0.15) is 12.4 Å². The van der Waals surface area contributed by atoms with Gasteiger partial charge in [-0.3, -0.25) is 4.79 Å². The summed E-state index contributed by atoms with van der Waals surface area (Å²) in [7, 11) is 0. The van der Waals surface area contributed by atoms with Crippen molar-refractivity contribution in [1.29, 1.82) is 0 Å².